The molecule has 0 spiro atoms. The van der Waals surface area contributed by atoms with Crippen LogP contribution in [0.1, 0.15) is 21.5 Å². The number of rotatable bonds is 9. The van der Waals surface area contributed by atoms with Crippen LogP contribution in [0.25, 0.3) is 16.9 Å². The Labute approximate surface area is 224 Å². The molecule has 0 aliphatic heterocycles. The number of aromatic nitrogens is 2. The molecule has 0 bridgehead atoms. The summed E-state index contributed by atoms with van der Waals surface area (Å²) in [6, 6.07) is 32.6. The van der Waals surface area contributed by atoms with Crippen molar-refractivity contribution in [1.82, 2.24) is 15.2 Å². The first-order chi connectivity index (χ1) is 19.1. The highest BCUT2D eigenvalue weighted by Crippen LogP contribution is 2.25. The lowest BCUT2D eigenvalue weighted by molar-refractivity contribution is -0.384. The van der Waals surface area contributed by atoms with E-state index in [4.69, 9.17) is 9.84 Å². The Balaban J connectivity index is 1.37. The Kier molecular flexibility index (Phi) is 7.50. The Morgan fingerprint density at radius 3 is 2.38 bits per heavy atom. The van der Waals surface area contributed by atoms with Gasteiger partial charge in [-0.3, -0.25) is 14.9 Å². The molecular weight excluding hydrogens is 494 g/mol. The molecule has 0 atom stereocenters. The van der Waals surface area contributed by atoms with Gasteiger partial charge in [-0.05, 0) is 48.0 Å². The Hall–Kier alpha value is -5.57. The number of amides is 1. The second-order valence-corrected chi connectivity index (χ2v) is 8.52. The van der Waals surface area contributed by atoms with Crippen molar-refractivity contribution in [2.45, 2.75) is 6.61 Å². The number of nitrogens with one attached hydrogen (secondary N) is 1. The summed E-state index contributed by atoms with van der Waals surface area (Å²) in [6.07, 6.45) is 3.31. The molecule has 9 heteroatoms. The molecule has 9 nitrogen and oxygen atoms in total. The van der Waals surface area contributed by atoms with E-state index in [0.717, 1.165) is 22.6 Å². The number of carbonyl (C=O) groups is 1. The molecule has 0 radical (unpaired) electrons. The highest BCUT2D eigenvalue weighted by Gasteiger charge is 2.13. The van der Waals surface area contributed by atoms with E-state index in [1.165, 1.54) is 30.5 Å². The second-order valence-electron chi connectivity index (χ2n) is 8.52. The third kappa shape index (κ3) is 6.23. The number of nitro groups is 1. The van der Waals surface area contributed by atoms with E-state index in [9.17, 15) is 14.9 Å². The van der Waals surface area contributed by atoms with Gasteiger partial charge in [0, 0.05) is 35.0 Å². The molecule has 4 aromatic carbocycles. The maximum atomic E-state index is 12.5. The van der Waals surface area contributed by atoms with Crippen molar-refractivity contribution in [3.63, 3.8) is 0 Å². The number of non-ortho nitro benzene ring substituents is 1. The number of hydrogen-bond donors (Lipinski definition) is 1. The largest absolute Gasteiger partial charge is 0.489 e. The first-order valence-electron chi connectivity index (χ1n) is 12.1. The quantitative estimate of drug-likeness (QED) is 0.151. The molecule has 1 amide bonds. The number of carbonyl (C=O) groups excluding carboxylic acids is 1. The standard InChI is InChI=1S/C30H23N5O4/c36-30(24-10-7-13-27(18-24)35(37)38)32-31-19-25-20-34(26-11-5-2-6-12-26)33-29(25)23-14-16-28(17-15-23)39-21-22-8-3-1-4-9-22/h1-20H,21H2,(H,32,36)/b31-19+. The highest BCUT2D eigenvalue weighted by molar-refractivity contribution is 5.96. The Morgan fingerprint density at radius 2 is 1.67 bits per heavy atom. The van der Waals surface area contributed by atoms with Gasteiger partial charge in [0.15, 0.2) is 0 Å². The molecular formula is C30H23N5O4. The SMILES string of the molecule is O=C(N/N=C/c1cn(-c2ccccc2)nc1-c1ccc(OCc2ccccc2)cc1)c1cccc([N+](=O)[O-])c1. The van der Waals surface area contributed by atoms with Gasteiger partial charge in [0.25, 0.3) is 11.6 Å². The number of hydrazone groups is 1. The first-order valence-corrected chi connectivity index (χ1v) is 12.1. The number of para-hydroxylation sites is 1. The third-order valence-corrected chi connectivity index (χ3v) is 5.83. The van der Waals surface area contributed by atoms with E-state index in [2.05, 4.69) is 10.5 Å². The number of hydrogen-bond acceptors (Lipinski definition) is 6. The molecule has 0 unspecified atom stereocenters. The summed E-state index contributed by atoms with van der Waals surface area (Å²) in [7, 11) is 0. The van der Waals surface area contributed by atoms with Crippen LogP contribution in [0.15, 0.2) is 120 Å². The van der Waals surface area contributed by atoms with Crippen LogP contribution in [-0.4, -0.2) is 26.8 Å². The summed E-state index contributed by atoms with van der Waals surface area (Å²) in [5, 5.41) is 19.9. The number of nitro benzene ring substituents is 1. The van der Waals surface area contributed by atoms with Crippen molar-refractivity contribution in [2.75, 3.05) is 0 Å². The van der Waals surface area contributed by atoms with Crippen LogP contribution in [0.4, 0.5) is 5.69 Å². The summed E-state index contributed by atoms with van der Waals surface area (Å²) in [4.78, 5) is 23.0. The molecule has 5 rings (SSSR count). The van der Waals surface area contributed by atoms with E-state index in [0.29, 0.717) is 17.9 Å². The van der Waals surface area contributed by atoms with Crippen molar-refractivity contribution >= 4 is 17.8 Å². The highest BCUT2D eigenvalue weighted by atomic mass is 16.6. The average Bonchev–Trinajstić information content (AvgIpc) is 3.41. The summed E-state index contributed by atoms with van der Waals surface area (Å²) in [5.41, 5.74) is 6.49. The molecule has 1 heterocycles. The van der Waals surface area contributed by atoms with Gasteiger partial charge in [-0.2, -0.15) is 10.2 Å². The van der Waals surface area contributed by atoms with Crippen molar-refractivity contribution in [1.29, 1.82) is 0 Å². The van der Waals surface area contributed by atoms with Crippen molar-refractivity contribution in [3.8, 4) is 22.7 Å². The molecule has 0 aliphatic carbocycles. The minimum atomic E-state index is -0.563. The second kappa shape index (κ2) is 11.7. The van der Waals surface area contributed by atoms with Gasteiger partial charge >= 0.3 is 0 Å². The third-order valence-electron chi connectivity index (χ3n) is 5.83. The molecule has 39 heavy (non-hydrogen) atoms. The number of nitrogens with zero attached hydrogens (tertiary/aromatic N) is 4. The van der Waals surface area contributed by atoms with Crippen molar-refractivity contribution < 1.29 is 14.5 Å². The summed E-state index contributed by atoms with van der Waals surface area (Å²) < 4.78 is 7.64. The van der Waals surface area contributed by atoms with E-state index in [-0.39, 0.29) is 11.3 Å². The fourth-order valence-corrected chi connectivity index (χ4v) is 3.85. The summed E-state index contributed by atoms with van der Waals surface area (Å²) >= 11 is 0. The van der Waals surface area contributed by atoms with Crippen molar-refractivity contribution in [2.24, 2.45) is 5.10 Å². The number of ether oxygens (including phenoxy) is 1. The summed E-state index contributed by atoms with van der Waals surface area (Å²) in [6.45, 7) is 0.463. The Morgan fingerprint density at radius 1 is 0.949 bits per heavy atom. The fraction of sp³-hybridized carbons (Fsp3) is 0.0333. The van der Waals surface area contributed by atoms with Crippen LogP contribution in [0.2, 0.25) is 0 Å². The predicted octanol–water partition coefficient (Wildman–Crippen LogP) is 5.79. The monoisotopic (exact) mass is 517 g/mol. The molecule has 0 fully saturated rings. The fourth-order valence-electron chi connectivity index (χ4n) is 3.85. The molecule has 0 aliphatic rings. The maximum absolute atomic E-state index is 12.5. The minimum absolute atomic E-state index is 0.132. The number of benzene rings is 4. The molecule has 5 aromatic rings. The van der Waals surface area contributed by atoms with Crippen LogP contribution in [0.5, 0.6) is 5.75 Å². The van der Waals surface area contributed by atoms with E-state index in [1.807, 2.05) is 91.1 Å². The van der Waals surface area contributed by atoms with E-state index < -0.39 is 10.8 Å². The normalized spacial score (nSPS) is 10.9. The maximum Gasteiger partial charge on any atom is 0.271 e. The van der Waals surface area contributed by atoms with E-state index >= 15 is 0 Å². The van der Waals surface area contributed by atoms with Gasteiger partial charge in [0.1, 0.15) is 18.1 Å². The summed E-state index contributed by atoms with van der Waals surface area (Å²) in [5.74, 6) is 0.163. The lowest BCUT2D eigenvalue weighted by Gasteiger charge is -2.07. The average molecular weight is 518 g/mol. The molecule has 192 valence electrons. The van der Waals surface area contributed by atoms with Gasteiger partial charge in [0.2, 0.25) is 0 Å². The van der Waals surface area contributed by atoms with Gasteiger partial charge in [-0.15, -0.1) is 0 Å². The van der Waals surface area contributed by atoms with Crippen LogP contribution in [-0.2, 0) is 6.61 Å². The molecule has 0 saturated carbocycles. The zero-order valence-corrected chi connectivity index (χ0v) is 20.7. The lowest BCUT2D eigenvalue weighted by atomic mass is 10.1. The van der Waals surface area contributed by atoms with Crippen LogP contribution >= 0.6 is 0 Å². The van der Waals surface area contributed by atoms with Crippen LogP contribution in [0, 0.1) is 10.1 Å². The molecule has 0 saturated heterocycles. The van der Waals surface area contributed by atoms with Gasteiger partial charge < -0.3 is 4.74 Å². The van der Waals surface area contributed by atoms with Gasteiger partial charge in [-0.25, -0.2) is 10.1 Å². The predicted molar refractivity (Wildman–Crippen MR) is 148 cm³/mol. The van der Waals surface area contributed by atoms with Gasteiger partial charge in [-0.1, -0.05) is 54.6 Å². The lowest BCUT2D eigenvalue weighted by Crippen LogP contribution is -2.17. The molecule has 1 aromatic heterocycles. The first kappa shape index (κ1) is 25.1. The zero-order chi connectivity index (χ0) is 27.0. The Bertz CT molecular complexity index is 1610. The minimum Gasteiger partial charge on any atom is -0.489 e. The van der Waals surface area contributed by atoms with Gasteiger partial charge in [0.05, 0.1) is 16.8 Å². The van der Waals surface area contributed by atoms with E-state index in [1.54, 1.807) is 4.68 Å². The zero-order valence-electron chi connectivity index (χ0n) is 20.7. The molecule has 1 N–H and O–H groups in total. The van der Waals surface area contributed by atoms with Crippen LogP contribution < -0.4 is 10.2 Å². The topological polar surface area (TPSA) is 112 Å². The van der Waals surface area contributed by atoms with Crippen molar-refractivity contribution in [3.05, 3.63) is 142 Å². The van der Waals surface area contributed by atoms with Crippen LogP contribution in [0.3, 0.4) is 0 Å². The smallest absolute Gasteiger partial charge is 0.271 e.